The van der Waals surface area contributed by atoms with E-state index in [1.54, 1.807) is 96.9 Å². The van der Waals surface area contributed by atoms with Crippen LogP contribution in [0.25, 0.3) is 0 Å². The van der Waals surface area contributed by atoms with Crippen molar-refractivity contribution in [3.05, 3.63) is 0 Å². The minimum atomic E-state index is -4.84. The van der Waals surface area contributed by atoms with E-state index in [0.717, 1.165) is 20.3 Å². The SMILES string of the molecule is CCC(C)(C)C(=O)OC(C)C(C)(O)C(F)(F)F.CCC(C)(C)C(=O)OC(C)CC(C)(O)C(F)(F)F.CCC(C)(C)C(=O)OC1CC2CC1CC2CC(C)(O)C(F)(F)F.CCC(C)(C)C(=O)OCC(C)(O)C(F)(F)F.CCC(C)(C)C(=O)OCCC(C)(O)C(F)(F)F.CCC(C)(C)C(=O)OCCCC(C)(O)C(F)(F)F. The molecule has 6 N–H and O–H groups in total. The van der Waals surface area contributed by atoms with Gasteiger partial charge in [-0.1, -0.05) is 41.5 Å². The number of halogens is 18. The van der Waals surface area contributed by atoms with Crippen LogP contribution in [0.1, 0.15) is 270 Å². The molecule has 109 heavy (non-hydrogen) atoms. The van der Waals surface area contributed by atoms with Crippen molar-refractivity contribution in [1.29, 1.82) is 0 Å². The highest BCUT2D eigenvalue weighted by molar-refractivity contribution is 5.78. The second-order valence-corrected chi connectivity index (χ2v) is 33.2. The molecule has 12 unspecified atom stereocenters. The van der Waals surface area contributed by atoms with E-state index in [1.165, 1.54) is 6.92 Å². The van der Waals surface area contributed by atoms with Crippen LogP contribution in [0.5, 0.6) is 0 Å². The summed E-state index contributed by atoms with van der Waals surface area (Å²) in [6.45, 7) is 35.5. The van der Waals surface area contributed by atoms with Crippen molar-refractivity contribution in [2.75, 3.05) is 19.8 Å². The Bertz CT molecular complexity index is 2790. The third-order valence-corrected chi connectivity index (χ3v) is 20.5. The fourth-order valence-corrected chi connectivity index (χ4v) is 8.33. The molecular weight excluding hydrogens is 1510 g/mol. The maximum Gasteiger partial charge on any atom is 0.420 e. The highest BCUT2D eigenvalue weighted by Crippen LogP contribution is 2.54. The lowest BCUT2D eigenvalue weighted by Crippen LogP contribution is -2.53. The fourth-order valence-electron chi connectivity index (χ4n) is 8.33. The van der Waals surface area contributed by atoms with E-state index in [-0.39, 0.29) is 49.3 Å². The fraction of sp³-hybridized carbons (Fsp3) is 0.918. The third-order valence-electron chi connectivity index (χ3n) is 20.5. The van der Waals surface area contributed by atoms with Crippen LogP contribution in [-0.4, -0.2) is 175 Å². The topological polar surface area (TPSA) is 279 Å². The Labute approximate surface area is 629 Å². The zero-order valence-electron chi connectivity index (χ0n) is 67.9. The summed E-state index contributed by atoms with van der Waals surface area (Å²) in [5.41, 5.74) is -21.4. The molecule has 2 fully saturated rings. The Balaban J connectivity index is -0.000000610. The van der Waals surface area contributed by atoms with Crippen molar-refractivity contribution in [3.8, 4) is 0 Å². The molecule has 0 heterocycles. The van der Waals surface area contributed by atoms with E-state index in [0.29, 0.717) is 86.0 Å². The molecule has 0 aromatic heterocycles. The van der Waals surface area contributed by atoms with Crippen LogP contribution in [-0.2, 0) is 57.2 Å². The van der Waals surface area contributed by atoms with Crippen LogP contribution >= 0.6 is 0 Å². The highest BCUT2D eigenvalue weighted by Gasteiger charge is 2.59. The number of fused-ring (bicyclic) bond motifs is 2. The monoisotopic (exact) mass is 1630 g/mol. The van der Waals surface area contributed by atoms with E-state index < -0.39 is 178 Å². The van der Waals surface area contributed by atoms with Gasteiger partial charge in [0.15, 0.2) is 33.6 Å². The van der Waals surface area contributed by atoms with E-state index in [2.05, 4.69) is 9.47 Å². The van der Waals surface area contributed by atoms with Crippen LogP contribution in [0.4, 0.5) is 79.0 Å². The lowest BCUT2D eigenvalue weighted by atomic mass is 9.79. The van der Waals surface area contributed by atoms with Crippen molar-refractivity contribution in [1.82, 2.24) is 0 Å². The third kappa shape index (κ3) is 35.7. The number of alkyl halides is 18. The number of carbonyl (C=O) groups excluding carboxylic acids is 6. The van der Waals surface area contributed by atoms with Gasteiger partial charge in [-0.25, -0.2) is 0 Å². The standard InChI is InChI=1S/C17H27F3O3.2C12H21F3O3.2C11H19F3O3.C10H17F3O3/c1-5-15(2,3)14(21)23-13-8-10-6-11(13)7-12(10)9-16(4,22)17(18,19)20;1-6-10(3,4)9(16)18-8(2)7-11(5,17)12(13,14)15;1-5-10(2,3)9(16)18-8-6-7-11(4,17)12(13,14)15;1-6-9(3,4)8(15)17-7(2)10(5,16)11(12,13)14;1-5-9(2,3)8(15)17-7-6-10(4,16)11(12,13)14;1-5-8(2,3)7(14)16-6-9(4,15)10(11,12)13/h10-13,22H,5-9H2,1-4H3;8,17H,6-7H2,1-5H3;17H,5-8H2,1-4H3;7,16H,6H2,1-5H3;16H,5-7H2,1-4H3;15H,5-6H2,1-4H3. The average Bonchev–Trinajstić information content (AvgIpc) is 1.59. The number of rotatable bonds is 29. The van der Waals surface area contributed by atoms with E-state index in [1.807, 2.05) is 27.7 Å². The average molecular weight is 1630 g/mol. The Morgan fingerprint density at radius 1 is 0.349 bits per heavy atom. The lowest BCUT2D eigenvalue weighted by molar-refractivity contribution is -0.283. The van der Waals surface area contributed by atoms with Gasteiger partial charge in [0.25, 0.3) is 0 Å². The number of aliphatic hydroxyl groups is 6. The van der Waals surface area contributed by atoms with Crippen LogP contribution in [0.3, 0.4) is 0 Å². The summed E-state index contributed by atoms with van der Waals surface area (Å²) in [5.74, 6) is -3.19. The van der Waals surface area contributed by atoms with Crippen LogP contribution < -0.4 is 0 Å². The van der Waals surface area contributed by atoms with Crippen LogP contribution in [0.15, 0.2) is 0 Å². The Hall–Kier alpha value is -4.68. The minimum Gasteiger partial charge on any atom is -0.465 e. The predicted molar refractivity (Wildman–Crippen MR) is 366 cm³/mol. The van der Waals surface area contributed by atoms with Crippen molar-refractivity contribution >= 4 is 35.8 Å². The molecule has 2 aliphatic carbocycles. The minimum absolute atomic E-state index is 0.0297. The normalized spacial score (nSPS) is 20.6. The first-order valence-electron chi connectivity index (χ1n) is 35.8. The molecule has 650 valence electrons. The number of esters is 6. The number of hydrogen-bond acceptors (Lipinski definition) is 18. The molecule has 0 aromatic carbocycles. The van der Waals surface area contributed by atoms with Gasteiger partial charge < -0.3 is 59.1 Å². The summed E-state index contributed by atoms with van der Waals surface area (Å²) in [6, 6.07) is 0. The van der Waals surface area contributed by atoms with Gasteiger partial charge in [-0.05, 0) is 233 Å². The van der Waals surface area contributed by atoms with Gasteiger partial charge >= 0.3 is 72.9 Å². The molecule has 2 saturated carbocycles. The molecule has 0 amide bonds. The van der Waals surface area contributed by atoms with Gasteiger partial charge in [-0.2, -0.15) is 79.0 Å². The van der Waals surface area contributed by atoms with Gasteiger partial charge in [0.05, 0.1) is 45.7 Å². The van der Waals surface area contributed by atoms with Crippen molar-refractivity contribution < 1.29 is 167 Å². The summed E-state index contributed by atoms with van der Waals surface area (Å²) in [7, 11) is 0. The molecule has 2 aliphatic rings. The van der Waals surface area contributed by atoms with Crippen molar-refractivity contribution in [3.63, 3.8) is 0 Å². The maximum atomic E-state index is 12.8. The molecule has 2 bridgehead atoms. The van der Waals surface area contributed by atoms with Gasteiger partial charge in [0, 0.05) is 12.8 Å². The Morgan fingerprint density at radius 2 is 0.661 bits per heavy atom. The van der Waals surface area contributed by atoms with Gasteiger partial charge in [-0.15, -0.1) is 0 Å². The summed E-state index contributed by atoms with van der Waals surface area (Å²) in [4.78, 5) is 69.7. The molecule has 0 radical (unpaired) electrons. The lowest BCUT2D eigenvalue weighted by Gasteiger charge is -2.35. The molecule has 0 aliphatic heterocycles. The van der Waals surface area contributed by atoms with Crippen molar-refractivity contribution in [2.45, 2.75) is 359 Å². The van der Waals surface area contributed by atoms with Gasteiger partial charge in [-0.3, -0.25) is 28.8 Å². The second kappa shape index (κ2) is 41.1. The maximum absolute atomic E-state index is 12.8. The van der Waals surface area contributed by atoms with Crippen molar-refractivity contribution in [2.24, 2.45) is 50.2 Å². The summed E-state index contributed by atoms with van der Waals surface area (Å²) < 4.78 is 253. The molecule has 2 rings (SSSR count). The number of hydrogen-bond donors (Lipinski definition) is 6. The zero-order valence-corrected chi connectivity index (χ0v) is 67.9. The van der Waals surface area contributed by atoms with E-state index in [4.69, 9.17) is 34.3 Å². The number of ether oxygens (including phenoxy) is 6. The first-order valence-corrected chi connectivity index (χ1v) is 35.8. The first kappa shape index (κ1) is 111. The molecule has 18 nitrogen and oxygen atoms in total. The Morgan fingerprint density at radius 3 is 0.982 bits per heavy atom. The largest absolute Gasteiger partial charge is 0.465 e. The smallest absolute Gasteiger partial charge is 0.420 e. The first-order chi connectivity index (χ1) is 47.9. The molecule has 12 atom stereocenters. The van der Waals surface area contributed by atoms with Crippen LogP contribution in [0.2, 0.25) is 0 Å². The molecule has 0 spiro atoms. The van der Waals surface area contributed by atoms with E-state index >= 15 is 0 Å². The summed E-state index contributed by atoms with van der Waals surface area (Å²) in [6.07, 6.45) is -28.1. The Kier molecular flexibility index (Phi) is 41.7. The molecule has 0 saturated heterocycles. The van der Waals surface area contributed by atoms with Gasteiger partial charge in [0.2, 0.25) is 0 Å². The van der Waals surface area contributed by atoms with Crippen LogP contribution in [0, 0.1) is 50.2 Å². The highest BCUT2D eigenvalue weighted by atomic mass is 19.4. The predicted octanol–water partition coefficient (Wildman–Crippen LogP) is 17.8. The zero-order chi connectivity index (χ0) is 88.2. The number of carbonyl (C=O) groups is 6. The van der Waals surface area contributed by atoms with E-state index in [9.17, 15) is 123 Å². The molecular formula is C73H124F18O18. The quantitative estimate of drug-likeness (QED) is 0.0176. The summed E-state index contributed by atoms with van der Waals surface area (Å²) >= 11 is 0. The summed E-state index contributed by atoms with van der Waals surface area (Å²) in [5, 5.41) is 55.6. The molecule has 36 heteroatoms. The van der Waals surface area contributed by atoms with Gasteiger partial charge in [0.1, 0.15) is 24.9 Å². The molecule has 0 aromatic rings. The second-order valence-electron chi connectivity index (χ2n) is 33.2.